The first-order chi connectivity index (χ1) is 8.56. The van der Waals surface area contributed by atoms with Crippen molar-refractivity contribution in [2.75, 3.05) is 0 Å². The second kappa shape index (κ2) is 5.56. The van der Waals surface area contributed by atoms with Crippen LogP contribution in [0.4, 0.5) is 0 Å². The van der Waals surface area contributed by atoms with Crippen LogP contribution in [0.15, 0.2) is 40.4 Å². The zero-order chi connectivity index (χ0) is 13.1. The molecule has 0 bridgehead atoms. The summed E-state index contributed by atoms with van der Waals surface area (Å²) in [5, 5.41) is 9.94. The fourth-order valence-electron chi connectivity index (χ4n) is 1.23. The summed E-state index contributed by atoms with van der Waals surface area (Å²) >= 11 is 12.7. The van der Waals surface area contributed by atoms with Gasteiger partial charge >= 0.3 is 5.97 Å². The second-order valence-electron chi connectivity index (χ2n) is 3.21. The number of aromatic nitrogens is 2. The molecular weight excluding hydrogens is 295 g/mol. The summed E-state index contributed by atoms with van der Waals surface area (Å²) < 4.78 is 0. The van der Waals surface area contributed by atoms with E-state index < -0.39 is 5.97 Å². The zero-order valence-corrected chi connectivity index (χ0v) is 11.1. The van der Waals surface area contributed by atoms with Crippen molar-refractivity contribution in [2.24, 2.45) is 0 Å². The molecule has 0 spiro atoms. The predicted octanol–water partition coefficient (Wildman–Crippen LogP) is 3.63. The normalized spacial score (nSPS) is 10.3. The Morgan fingerprint density at radius 3 is 2.72 bits per heavy atom. The van der Waals surface area contributed by atoms with Crippen LogP contribution in [0.3, 0.4) is 0 Å². The lowest BCUT2D eigenvalue weighted by Crippen LogP contribution is -1.97. The van der Waals surface area contributed by atoms with Gasteiger partial charge in [0.15, 0.2) is 0 Å². The Labute approximate surface area is 117 Å². The molecular formula is C11H6Cl2N2O2S. The molecule has 18 heavy (non-hydrogen) atoms. The first-order valence-corrected chi connectivity index (χ1v) is 6.33. The third-order valence-electron chi connectivity index (χ3n) is 1.99. The summed E-state index contributed by atoms with van der Waals surface area (Å²) in [6.45, 7) is 0. The lowest BCUT2D eigenvalue weighted by Gasteiger charge is -2.03. The lowest BCUT2D eigenvalue weighted by molar-refractivity contribution is 0.0697. The number of aromatic carboxylic acids is 1. The van der Waals surface area contributed by atoms with Gasteiger partial charge in [-0.3, -0.25) is 0 Å². The highest BCUT2D eigenvalue weighted by Gasteiger charge is 2.10. The Bertz CT molecular complexity index is 607. The molecule has 2 rings (SSSR count). The van der Waals surface area contributed by atoms with Crippen LogP contribution in [0.1, 0.15) is 10.4 Å². The van der Waals surface area contributed by atoms with Gasteiger partial charge in [0, 0.05) is 11.1 Å². The van der Waals surface area contributed by atoms with E-state index in [4.69, 9.17) is 28.3 Å². The van der Waals surface area contributed by atoms with Crippen LogP contribution < -0.4 is 0 Å². The Balaban J connectivity index is 2.30. The molecule has 0 aliphatic carbocycles. The van der Waals surface area contributed by atoms with Gasteiger partial charge in [0.2, 0.25) is 5.28 Å². The third-order valence-corrected chi connectivity index (χ3v) is 3.43. The van der Waals surface area contributed by atoms with Crippen molar-refractivity contribution < 1.29 is 9.90 Å². The van der Waals surface area contributed by atoms with Gasteiger partial charge in [0.05, 0.1) is 10.6 Å². The maximum Gasteiger partial charge on any atom is 0.337 e. The van der Waals surface area contributed by atoms with E-state index in [9.17, 15) is 4.79 Å². The predicted molar refractivity (Wildman–Crippen MR) is 69.6 cm³/mol. The molecule has 0 unspecified atom stereocenters. The first-order valence-electron chi connectivity index (χ1n) is 4.75. The van der Waals surface area contributed by atoms with E-state index in [-0.39, 0.29) is 15.9 Å². The Morgan fingerprint density at radius 1 is 1.28 bits per heavy atom. The topological polar surface area (TPSA) is 63.1 Å². The summed E-state index contributed by atoms with van der Waals surface area (Å²) in [6, 6.07) is 6.43. The number of halogens is 2. The van der Waals surface area contributed by atoms with Gasteiger partial charge in [-0.15, -0.1) is 0 Å². The molecule has 0 amide bonds. The van der Waals surface area contributed by atoms with Crippen molar-refractivity contribution in [3.63, 3.8) is 0 Å². The molecule has 1 aromatic heterocycles. The minimum absolute atomic E-state index is 0.0572. The van der Waals surface area contributed by atoms with Crippen LogP contribution in [-0.4, -0.2) is 21.0 Å². The van der Waals surface area contributed by atoms with Crippen molar-refractivity contribution >= 4 is 40.9 Å². The third kappa shape index (κ3) is 3.13. The Morgan fingerprint density at radius 2 is 2.06 bits per heavy atom. The average Bonchev–Trinajstić information content (AvgIpc) is 2.31. The summed E-state index contributed by atoms with van der Waals surface area (Å²) in [4.78, 5) is 19.4. The van der Waals surface area contributed by atoms with E-state index in [1.165, 1.54) is 30.1 Å². The number of benzene rings is 1. The highest BCUT2D eigenvalue weighted by Crippen LogP contribution is 2.29. The van der Waals surface area contributed by atoms with E-state index >= 15 is 0 Å². The Kier molecular flexibility index (Phi) is 4.06. The number of carboxylic acid groups (broad SMARTS) is 1. The second-order valence-corrected chi connectivity index (χ2v) is 5.05. The van der Waals surface area contributed by atoms with E-state index in [0.29, 0.717) is 9.92 Å². The van der Waals surface area contributed by atoms with Crippen LogP contribution in [0.25, 0.3) is 0 Å². The number of hydrogen-bond acceptors (Lipinski definition) is 4. The monoisotopic (exact) mass is 300 g/mol. The van der Waals surface area contributed by atoms with Crippen molar-refractivity contribution in [3.05, 3.63) is 46.3 Å². The van der Waals surface area contributed by atoms with Gasteiger partial charge in [0.1, 0.15) is 5.03 Å². The number of hydrogen-bond donors (Lipinski definition) is 1. The van der Waals surface area contributed by atoms with Crippen molar-refractivity contribution in [1.29, 1.82) is 0 Å². The highest BCUT2D eigenvalue weighted by atomic mass is 35.5. The minimum Gasteiger partial charge on any atom is -0.478 e. The van der Waals surface area contributed by atoms with E-state index in [2.05, 4.69) is 9.97 Å². The molecule has 1 heterocycles. The molecule has 0 fully saturated rings. The van der Waals surface area contributed by atoms with Crippen molar-refractivity contribution in [1.82, 2.24) is 9.97 Å². The maximum absolute atomic E-state index is 10.9. The van der Waals surface area contributed by atoms with E-state index in [1.807, 2.05) is 0 Å². The summed E-state index contributed by atoms with van der Waals surface area (Å²) in [7, 11) is 0. The van der Waals surface area contributed by atoms with E-state index in [0.717, 1.165) is 0 Å². The molecule has 7 heteroatoms. The van der Waals surface area contributed by atoms with Crippen LogP contribution in [0.5, 0.6) is 0 Å². The molecule has 0 saturated heterocycles. The molecule has 1 aromatic carbocycles. The summed E-state index contributed by atoms with van der Waals surface area (Å²) in [5.74, 6) is -1.07. The molecule has 1 N–H and O–H groups in total. The number of carbonyl (C=O) groups is 1. The fraction of sp³-hybridized carbons (Fsp3) is 0. The maximum atomic E-state index is 10.9. The standard InChI is InChI=1S/C11H6Cl2N2O2S/c12-8-2-1-6(5-7(8)10(16)17)18-9-3-4-14-11(13)15-9/h1-5H,(H,16,17). The van der Waals surface area contributed by atoms with Crippen LogP contribution in [0, 0.1) is 0 Å². The molecule has 0 aliphatic rings. The number of nitrogens with zero attached hydrogens (tertiary/aromatic N) is 2. The Hall–Kier alpha value is -1.30. The van der Waals surface area contributed by atoms with Gasteiger partial charge in [-0.25, -0.2) is 14.8 Å². The lowest BCUT2D eigenvalue weighted by atomic mass is 10.2. The smallest absolute Gasteiger partial charge is 0.337 e. The molecule has 0 atom stereocenters. The zero-order valence-electron chi connectivity index (χ0n) is 8.80. The van der Waals surface area contributed by atoms with Crippen LogP contribution in [0.2, 0.25) is 10.3 Å². The molecule has 0 radical (unpaired) electrons. The van der Waals surface area contributed by atoms with Crippen LogP contribution in [-0.2, 0) is 0 Å². The molecule has 0 aliphatic heterocycles. The van der Waals surface area contributed by atoms with Gasteiger partial charge in [-0.2, -0.15) is 0 Å². The number of carboxylic acids is 1. The molecule has 4 nitrogen and oxygen atoms in total. The average molecular weight is 301 g/mol. The fourth-order valence-corrected chi connectivity index (χ4v) is 2.44. The quantitative estimate of drug-likeness (QED) is 0.692. The molecule has 2 aromatic rings. The van der Waals surface area contributed by atoms with Gasteiger partial charge in [-0.1, -0.05) is 23.4 Å². The van der Waals surface area contributed by atoms with Gasteiger partial charge < -0.3 is 5.11 Å². The van der Waals surface area contributed by atoms with Crippen molar-refractivity contribution in [2.45, 2.75) is 9.92 Å². The SMILES string of the molecule is O=C(O)c1cc(Sc2ccnc(Cl)n2)ccc1Cl. The van der Waals surface area contributed by atoms with Crippen molar-refractivity contribution in [3.8, 4) is 0 Å². The number of rotatable bonds is 3. The molecule has 0 saturated carbocycles. The van der Waals surface area contributed by atoms with Crippen LogP contribution >= 0.6 is 35.0 Å². The van der Waals surface area contributed by atoms with Gasteiger partial charge in [0.25, 0.3) is 0 Å². The summed E-state index contributed by atoms with van der Waals surface area (Å²) in [5.41, 5.74) is 0.0572. The highest BCUT2D eigenvalue weighted by molar-refractivity contribution is 7.99. The molecule has 92 valence electrons. The summed E-state index contributed by atoms with van der Waals surface area (Å²) in [6.07, 6.45) is 1.53. The minimum atomic E-state index is -1.07. The largest absolute Gasteiger partial charge is 0.478 e. The first kappa shape index (κ1) is 13.1. The van der Waals surface area contributed by atoms with Gasteiger partial charge in [-0.05, 0) is 35.9 Å². The van der Waals surface area contributed by atoms with E-state index in [1.54, 1.807) is 12.1 Å².